The number of rotatable bonds is 4. The molecule has 0 aliphatic heterocycles. The Hall–Kier alpha value is -2.32. The molecule has 0 aliphatic rings. The van der Waals surface area contributed by atoms with E-state index in [2.05, 4.69) is 48.5 Å². The number of para-hydroxylation sites is 1. The first kappa shape index (κ1) is 13.7. The minimum atomic E-state index is -0.0487. The highest BCUT2D eigenvalue weighted by Gasteiger charge is 2.12. The van der Waals surface area contributed by atoms with Crippen LogP contribution in [-0.2, 0) is 6.42 Å². The van der Waals surface area contributed by atoms with Crippen LogP contribution in [0, 0.1) is 0 Å². The molecule has 0 amide bonds. The fourth-order valence-corrected chi connectivity index (χ4v) is 2.79. The summed E-state index contributed by atoms with van der Waals surface area (Å²) in [5.74, 6) is 0.896. The molecule has 3 aromatic carbocycles. The van der Waals surface area contributed by atoms with Gasteiger partial charge in [0.25, 0.3) is 0 Å². The minimum absolute atomic E-state index is 0.0487. The van der Waals surface area contributed by atoms with Crippen LogP contribution in [0.3, 0.4) is 0 Å². The van der Waals surface area contributed by atoms with Crippen molar-refractivity contribution in [1.82, 2.24) is 0 Å². The molecule has 2 heteroatoms. The monoisotopic (exact) mass is 277 g/mol. The zero-order valence-electron chi connectivity index (χ0n) is 12.1. The lowest BCUT2D eigenvalue weighted by Crippen LogP contribution is -2.14. The molecule has 0 fully saturated rings. The summed E-state index contributed by atoms with van der Waals surface area (Å²) in [6.45, 7) is 0. The van der Waals surface area contributed by atoms with Crippen LogP contribution in [0.15, 0.2) is 66.7 Å². The first-order valence-corrected chi connectivity index (χ1v) is 7.14. The molecule has 2 nitrogen and oxygen atoms in total. The van der Waals surface area contributed by atoms with E-state index in [9.17, 15) is 0 Å². The van der Waals surface area contributed by atoms with Crippen molar-refractivity contribution >= 4 is 10.8 Å². The van der Waals surface area contributed by atoms with E-state index in [1.807, 2.05) is 18.2 Å². The Morgan fingerprint density at radius 2 is 1.62 bits per heavy atom. The lowest BCUT2D eigenvalue weighted by molar-refractivity contribution is 0.408. The Morgan fingerprint density at radius 1 is 0.905 bits per heavy atom. The van der Waals surface area contributed by atoms with Gasteiger partial charge in [-0.2, -0.15) is 0 Å². The van der Waals surface area contributed by atoms with Gasteiger partial charge < -0.3 is 10.5 Å². The third-order valence-corrected chi connectivity index (χ3v) is 3.86. The van der Waals surface area contributed by atoms with Crippen LogP contribution < -0.4 is 10.5 Å². The lowest BCUT2D eigenvalue weighted by Gasteiger charge is -2.16. The Bertz CT molecular complexity index is 746. The molecule has 0 spiro atoms. The predicted octanol–water partition coefficient (Wildman–Crippen LogP) is 4.09. The van der Waals surface area contributed by atoms with E-state index in [1.165, 1.54) is 16.3 Å². The maximum atomic E-state index is 6.46. The zero-order chi connectivity index (χ0) is 14.7. The van der Waals surface area contributed by atoms with Crippen molar-refractivity contribution in [3.8, 4) is 5.75 Å². The summed E-state index contributed by atoms with van der Waals surface area (Å²) in [4.78, 5) is 0. The van der Waals surface area contributed by atoms with E-state index in [-0.39, 0.29) is 6.04 Å². The van der Waals surface area contributed by atoms with Crippen molar-refractivity contribution in [3.05, 3.63) is 77.9 Å². The molecule has 0 saturated carbocycles. The van der Waals surface area contributed by atoms with Gasteiger partial charge in [0, 0.05) is 6.04 Å². The third kappa shape index (κ3) is 2.76. The molecule has 0 aromatic heterocycles. The van der Waals surface area contributed by atoms with Crippen LogP contribution in [-0.4, -0.2) is 7.11 Å². The lowest BCUT2D eigenvalue weighted by atomic mass is 9.94. The fraction of sp³-hybridized carbons (Fsp3) is 0.158. The summed E-state index contributed by atoms with van der Waals surface area (Å²) in [7, 11) is 1.70. The van der Waals surface area contributed by atoms with Crippen LogP contribution >= 0.6 is 0 Å². The molecule has 0 bridgehead atoms. The Labute approximate surface area is 125 Å². The minimum Gasteiger partial charge on any atom is -0.496 e. The summed E-state index contributed by atoms with van der Waals surface area (Å²) in [6, 6.07) is 22.7. The van der Waals surface area contributed by atoms with Crippen molar-refractivity contribution in [3.63, 3.8) is 0 Å². The van der Waals surface area contributed by atoms with E-state index in [0.717, 1.165) is 17.7 Å². The van der Waals surface area contributed by atoms with Gasteiger partial charge in [0.05, 0.1) is 7.11 Å². The summed E-state index contributed by atoms with van der Waals surface area (Å²) >= 11 is 0. The van der Waals surface area contributed by atoms with E-state index < -0.39 is 0 Å². The SMILES string of the molecule is COc1ccccc1CC(N)c1cccc2ccccc12. The quantitative estimate of drug-likeness (QED) is 0.779. The molecule has 1 unspecified atom stereocenters. The van der Waals surface area contributed by atoms with Gasteiger partial charge >= 0.3 is 0 Å². The predicted molar refractivity (Wildman–Crippen MR) is 87.6 cm³/mol. The molecule has 0 radical (unpaired) electrons. The molecule has 2 N–H and O–H groups in total. The standard InChI is InChI=1S/C19H19NO/c1-21-19-12-5-3-8-15(19)13-18(20)17-11-6-9-14-7-2-4-10-16(14)17/h2-12,18H,13,20H2,1H3. The Balaban J connectivity index is 1.96. The molecule has 21 heavy (non-hydrogen) atoms. The molecule has 0 aliphatic carbocycles. The van der Waals surface area contributed by atoms with Gasteiger partial charge in [0.1, 0.15) is 5.75 Å². The maximum absolute atomic E-state index is 6.46. The topological polar surface area (TPSA) is 35.2 Å². The summed E-state index contributed by atoms with van der Waals surface area (Å²) in [6.07, 6.45) is 0.762. The highest BCUT2D eigenvalue weighted by Crippen LogP contribution is 2.28. The summed E-state index contributed by atoms with van der Waals surface area (Å²) in [5, 5.41) is 2.45. The maximum Gasteiger partial charge on any atom is 0.122 e. The van der Waals surface area contributed by atoms with Gasteiger partial charge in [0.2, 0.25) is 0 Å². The first-order valence-electron chi connectivity index (χ1n) is 7.14. The second kappa shape index (κ2) is 5.98. The summed E-state index contributed by atoms with van der Waals surface area (Å²) < 4.78 is 5.41. The van der Waals surface area contributed by atoms with E-state index in [0.29, 0.717) is 0 Å². The second-order valence-corrected chi connectivity index (χ2v) is 5.19. The van der Waals surface area contributed by atoms with Crippen LogP contribution in [0.25, 0.3) is 10.8 Å². The van der Waals surface area contributed by atoms with Crippen LogP contribution in [0.5, 0.6) is 5.75 Å². The van der Waals surface area contributed by atoms with Gasteiger partial charge in [-0.25, -0.2) is 0 Å². The molecular formula is C19H19NO. The molecule has 106 valence electrons. The van der Waals surface area contributed by atoms with Gasteiger partial charge in [-0.1, -0.05) is 60.7 Å². The van der Waals surface area contributed by atoms with Crippen LogP contribution in [0.4, 0.5) is 0 Å². The van der Waals surface area contributed by atoms with Gasteiger partial charge in [0.15, 0.2) is 0 Å². The molecule has 0 saturated heterocycles. The van der Waals surface area contributed by atoms with Gasteiger partial charge in [-0.05, 0) is 34.4 Å². The fourth-order valence-electron chi connectivity index (χ4n) is 2.79. The molecule has 3 aromatic rings. The largest absolute Gasteiger partial charge is 0.496 e. The van der Waals surface area contributed by atoms with Gasteiger partial charge in [-0.15, -0.1) is 0 Å². The van der Waals surface area contributed by atoms with E-state index in [1.54, 1.807) is 7.11 Å². The van der Waals surface area contributed by atoms with Crippen molar-refractivity contribution < 1.29 is 4.74 Å². The average molecular weight is 277 g/mol. The highest BCUT2D eigenvalue weighted by molar-refractivity contribution is 5.86. The normalized spacial score (nSPS) is 12.3. The van der Waals surface area contributed by atoms with E-state index >= 15 is 0 Å². The number of ether oxygens (including phenoxy) is 1. The molecule has 3 rings (SSSR count). The number of fused-ring (bicyclic) bond motifs is 1. The zero-order valence-corrected chi connectivity index (χ0v) is 12.1. The van der Waals surface area contributed by atoms with Crippen molar-refractivity contribution in [1.29, 1.82) is 0 Å². The van der Waals surface area contributed by atoms with Crippen LogP contribution in [0.1, 0.15) is 17.2 Å². The average Bonchev–Trinajstić information content (AvgIpc) is 2.54. The summed E-state index contributed by atoms with van der Waals surface area (Å²) in [5.41, 5.74) is 8.78. The molecule has 1 atom stereocenters. The Kier molecular flexibility index (Phi) is 3.89. The Morgan fingerprint density at radius 3 is 2.48 bits per heavy atom. The van der Waals surface area contributed by atoms with Crippen LogP contribution in [0.2, 0.25) is 0 Å². The number of benzene rings is 3. The third-order valence-electron chi connectivity index (χ3n) is 3.86. The number of methoxy groups -OCH3 is 1. The molecule has 0 heterocycles. The van der Waals surface area contributed by atoms with Crippen molar-refractivity contribution in [2.24, 2.45) is 5.73 Å². The number of hydrogen-bond donors (Lipinski definition) is 1. The van der Waals surface area contributed by atoms with Crippen molar-refractivity contribution in [2.75, 3.05) is 7.11 Å². The van der Waals surface area contributed by atoms with Gasteiger partial charge in [-0.3, -0.25) is 0 Å². The first-order chi connectivity index (χ1) is 10.3. The highest BCUT2D eigenvalue weighted by atomic mass is 16.5. The number of nitrogens with two attached hydrogens (primary N) is 1. The second-order valence-electron chi connectivity index (χ2n) is 5.19. The smallest absolute Gasteiger partial charge is 0.122 e. The molecular weight excluding hydrogens is 258 g/mol. The number of hydrogen-bond acceptors (Lipinski definition) is 2. The van der Waals surface area contributed by atoms with Crippen molar-refractivity contribution in [2.45, 2.75) is 12.5 Å². The van der Waals surface area contributed by atoms with E-state index in [4.69, 9.17) is 10.5 Å².